The van der Waals surface area contributed by atoms with Gasteiger partial charge in [-0.2, -0.15) is 0 Å². The van der Waals surface area contributed by atoms with Gasteiger partial charge in [0.2, 0.25) is 5.91 Å². The molecule has 6 nitrogen and oxygen atoms in total. The van der Waals surface area contributed by atoms with Crippen molar-refractivity contribution in [2.75, 3.05) is 37.8 Å². The minimum atomic E-state index is -0.0923. The fraction of sp³-hybridized carbons (Fsp3) is 0.389. The number of hydrogen-bond acceptors (Lipinski definition) is 5. The maximum absolute atomic E-state index is 12.1. The van der Waals surface area contributed by atoms with Crippen LogP contribution in [0, 0.1) is 6.92 Å². The Bertz CT molecular complexity index is 655. The van der Waals surface area contributed by atoms with Gasteiger partial charge in [0.15, 0.2) is 5.82 Å². The monoisotopic (exact) mass is 327 g/mol. The number of amides is 1. The maximum Gasteiger partial charge on any atom is 0.230 e. The van der Waals surface area contributed by atoms with E-state index in [0.717, 1.165) is 30.6 Å². The van der Waals surface area contributed by atoms with Gasteiger partial charge in [-0.05, 0) is 57.2 Å². The average molecular weight is 327 g/mol. The maximum atomic E-state index is 12.1. The van der Waals surface area contributed by atoms with Gasteiger partial charge in [0.05, 0.1) is 6.42 Å². The molecular weight excluding hydrogens is 302 g/mol. The Labute approximate surface area is 143 Å². The molecule has 0 aliphatic rings. The van der Waals surface area contributed by atoms with E-state index in [9.17, 15) is 4.79 Å². The van der Waals surface area contributed by atoms with Crippen LogP contribution < -0.4 is 10.6 Å². The molecule has 0 spiro atoms. The van der Waals surface area contributed by atoms with Crippen molar-refractivity contribution in [1.82, 2.24) is 15.1 Å². The van der Waals surface area contributed by atoms with Gasteiger partial charge < -0.3 is 15.5 Å². The summed E-state index contributed by atoms with van der Waals surface area (Å²) in [6, 6.07) is 11.4. The minimum Gasteiger partial charge on any atom is -0.369 e. The summed E-state index contributed by atoms with van der Waals surface area (Å²) in [5, 5.41) is 14.1. The molecule has 6 heteroatoms. The summed E-state index contributed by atoms with van der Waals surface area (Å²) in [6.07, 6.45) is 1.36. The molecule has 0 saturated carbocycles. The second kappa shape index (κ2) is 8.98. The lowest BCUT2D eigenvalue weighted by molar-refractivity contribution is -0.115. The number of nitrogens with zero attached hydrogens (tertiary/aromatic N) is 3. The molecule has 1 aromatic carbocycles. The molecule has 0 bridgehead atoms. The SMILES string of the molecule is Cc1ccccc1CC(=O)Nc1ccc(NCCCN(C)C)nn1. The first-order chi connectivity index (χ1) is 11.5. The van der Waals surface area contributed by atoms with Crippen LogP contribution in [0.4, 0.5) is 11.6 Å². The van der Waals surface area contributed by atoms with Crippen molar-refractivity contribution in [3.05, 3.63) is 47.5 Å². The van der Waals surface area contributed by atoms with E-state index in [-0.39, 0.29) is 5.91 Å². The molecule has 1 aromatic heterocycles. The Kier molecular flexibility index (Phi) is 6.69. The highest BCUT2D eigenvalue weighted by molar-refractivity contribution is 5.91. The first-order valence-electron chi connectivity index (χ1n) is 8.11. The third-order valence-corrected chi connectivity index (χ3v) is 3.63. The van der Waals surface area contributed by atoms with Crippen LogP contribution in [0.5, 0.6) is 0 Å². The number of rotatable bonds is 8. The van der Waals surface area contributed by atoms with E-state index in [1.807, 2.05) is 51.4 Å². The molecule has 0 atom stereocenters. The largest absolute Gasteiger partial charge is 0.369 e. The van der Waals surface area contributed by atoms with Crippen LogP contribution in [0.15, 0.2) is 36.4 Å². The molecule has 128 valence electrons. The van der Waals surface area contributed by atoms with E-state index >= 15 is 0 Å². The summed E-state index contributed by atoms with van der Waals surface area (Å²) in [4.78, 5) is 14.2. The second-order valence-electron chi connectivity index (χ2n) is 6.04. The Morgan fingerprint density at radius 1 is 1.08 bits per heavy atom. The summed E-state index contributed by atoms with van der Waals surface area (Å²) >= 11 is 0. The highest BCUT2D eigenvalue weighted by atomic mass is 16.1. The molecular formula is C18H25N5O. The third kappa shape index (κ3) is 5.96. The van der Waals surface area contributed by atoms with Gasteiger partial charge >= 0.3 is 0 Å². The molecule has 1 amide bonds. The van der Waals surface area contributed by atoms with Crippen molar-refractivity contribution in [2.45, 2.75) is 19.8 Å². The van der Waals surface area contributed by atoms with Crippen LogP contribution in [0.25, 0.3) is 0 Å². The van der Waals surface area contributed by atoms with E-state index < -0.39 is 0 Å². The van der Waals surface area contributed by atoms with Crippen LogP contribution in [-0.4, -0.2) is 48.2 Å². The van der Waals surface area contributed by atoms with E-state index in [1.165, 1.54) is 0 Å². The molecule has 0 unspecified atom stereocenters. The number of carbonyl (C=O) groups excluding carboxylic acids is 1. The van der Waals surface area contributed by atoms with E-state index in [4.69, 9.17) is 0 Å². The van der Waals surface area contributed by atoms with Gasteiger partial charge in [-0.1, -0.05) is 24.3 Å². The standard InChI is InChI=1S/C18H25N5O/c1-14-7-4-5-8-15(14)13-18(24)20-17-10-9-16(21-22-17)19-11-6-12-23(2)3/h4-5,7-10H,6,11-13H2,1-3H3,(H,19,21)(H,20,22,24). The zero-order valence-electron chi connectivity index (χ0n) is 14.5. The van der Waals surface area contributed by atoms with Gasteiger partial charge in [-0.3, -0.25) is 4.79 Å². The molecule has 2 aromatic rings. The lowest BCUT2D eigenvalue weighted by Gasteiger charge is -2.10. The van der Waals surface area contributed by atoms with Crippen molar-refractivity contribution in [3.8, 4) is 0 Å². The van der Waals surface area contributed by atoms with Crippen LogP contribution in [0.1, 0.15) is 17.5 Å². The molecule has 2 N–H and O–H groups in total. The highest BCUT2D eigenvalue weighted by Crippen LogP contribution is 2.10. The van der Waals surface area contributed by atoms with Crippen LogP contribution >= 0.6 is 0 Å². The normalized spacial score (nSPS) is 10.7. The summed E-state index contributed by atoms with van der Waals surface area (Å²) in [7, 11) is 4.10. The first-order valence-corrected chi connectivity index (χ1v) is 8.11. The van der Waals surface area contributed by atoms with Crippen molar-refractivity contribution in [2.24, 2.45) is 0 Å². The Morgan fingerprint density at radius 3 is 2.46 bits per heavy atom. The molecule has 0 fully saturated rings. The van der Waals surface area contributed by atoms with Gasteiger partial charge in [0, 0.05) is 6.54 Å². The molecule has 0 saturated heterocycles. The fourth-order valence-corrected chi connectivity index (χ4v) is 2.27. The van der Waals surface area contributed by atoms with Crippen LogP contribution in [0.3, 0.4) is 0 Å². The number of aryl methyl sites for hydroxylation is 1. The smallest absolute Gasteiger partial charge is 0.230 e. The molecule has 0 aliphatic carbocycles. The van der Waals surface area contributed by atoms with Crippen molar-refractivity contribution in [3.63, 3.8) is 0 Å². The van der Waals surface area contributed by atoms with Gasteiger partial charge in [0.1, 0.15) is 5.82 Å². The van der Waals surface area contributed by atoms with Gasteiger partial charge in [0.25, 0.3) is 0 Å². The lowest BCUT2D eigenvalue weighted by atomic mass is 10.1. The number of benzene rings is 1. The quantitative estimate of drug-likeness (QED) is 0.728. The predicted octanol–water partition coefficient (Wildman–Crippen LogP) is 2.33. The Hall–Kier alpha value is -2.47. The van der Waals surface area contributed by atoms with Crippen LogP contribution in [0.2, 0.25) is 0 Å². The third-order valence-electron chi connectivity index (χ3n) is 3.63. The predicted molar refractivity (Wildman–Crippen MR) is 97.2 cm³/mol. The number of anilines is 2. The minimum absolute atomic E-state index is 0.0923. The number of nitrogens with one attached hydrogen (secondary N) is 2. The fourth-order valence-electron chi connectivity index (χ4n) is 2.27. The van der Waals surface area contributed by atoms with E-state index in [2.05, 4.69) is 25.7 Å². The summed E-state index contributed by atoms with van der Waals surface area (Å²) in [6.45, 7) is 3.86. The molecule has 1 heterocycles. The average Bonchev–Trinajstić information content (AvgIpc) is 2.55. The van der Waals surface area contributed by atoms with Crippen LogP contribution in [-0.2, 0) is 11.2 Å². The topological polar surface area (TPSA) is 70.2 Å². The highest BCUT2D eigenvalue weighted by Gasteiger charge is 2.07. The molecule has 0 aliphatic heterocycles. The summed E-state index contributed by atoms with van der Waals surface area (Å²) in [5.41, 5.74) is 2.12. The van der Waals surface area contributed by atoms with E-state index in [1.54, 1.807) is 6.07 Å². The lowest BCUT2D eigenvalue weighted by Crippen LogP contribution is -2.17. The van der Waals surface area contributed by atoms with Gasteiger partial charge in [-0.15, -0.1) is 10.2 Å². The van der Waals surface area contributed by atoms with E-state index in [0.29, 0.717) is 18.1 Å². The molecule has 24 heavy (non-hydrogen) atoms. The molecule has 0 radical (unpaired) electrons. The summed E-state index contributed by atoms with van der Waals surface area (Å²) in [5.74, 6) is 1.09. The summed E-state index contributed by atoms with van der Waals surface area (Å²) < 4.78 is 0. The molecule has 2 rings (SSSR count). The van der Waals surface area contributed by atoms with Crippen molar-refractivity contribution in [1.29, 1.82) is 0 Å². The van der Waals surface area contributed by atoms with Gasteiger partial charge in [-0.25, -0.2) is 0 Å². The second-order valence-corrected chi connectivity index (χ2v) is 6.04. The number of carbonyl (C=O) groups is 1. The van der Waals surface area contributed by atoms with Crippen molar-refractivity contribution < 1.29 is 4.79 Å². The zero-order valence-corrected chi connectivity index (χ0v) is 14.5. The Morgan fingerprint density at radius 2 is 1.79 bits per heavy atom. The Balaban J connectivity index is 1.80. The van der Waals surface area contributed by atoms with Crippen molar-refractivity contribution >= 4 is 17.5 Å². The number of hydrogen-bond donors (Lipinski definition) is 2. The first kappa shape index (κ1) is 17.9. The zero-order chi connectivity index (χ0) is 17.4. The number of aromatic nitrogens is 2.